The van der Waals surface area contributed by atoms with E-state index < -0.39 is 9.84 Å². The second kappa shape index (κ2) is 6.20. The second-order valence-electron chi connectivity index (χ2n) is 4.27. The summed E-state index contributed by atoms with van der Waals surface area (Å²) in [7, 11) is -3.30. The molecule has 0 aromatic heterocycles. The highest BCUT2D eigenvalue weighted by molar-refractivity contribution is 7.90. The van der Waals surface area contributed by atoms with Gasteiger partial charge in [-0.15, -0.1) is 11.6 Å². The lowest BCUT2D eigenvalue weighted by molar-refractivity contribution is 0.0949. The number of hydrogen-bond donors (Lipinski definition) is 1. The Hall–Kier alpha value is -1.07. The number of amides is 1. The van der Waals surface area contributed by atoms with Crippen molar-refractivity contribution in [3.8, 4) is 0 Å². The molecule has 18 heavy (non-hydrogen) atoms. The first-order valence-corrected chi connectivity index (χ1v) is 7.91. The fourth-order valence-corrected chi connectivity index (χ4v) is 2.07. The van der Waals surface area contributed by atoms with Crippen molar-refractivity contribution in [2.24, 2.45) is 5.92 Å². The van der Waals surface area contributed by atoms with Crippen LogP contribution in [0.5, 0.6) is 0 Å². The van der Waals surface area contributed by atoms with E-state index in [2.05, 4.69) is 5.32 Å². The summed E-state index contributed by atoms with van der Waals surface area (Å²) < 4.78 is 22.7. The largest absolute Gasteiger partial charge is 0.352 e. The molecule has 4 nitrogen and oxygen atoms in total. The summed E-state index contributed by atoms with van der Waals surface area (Å²) in [4.78, 5) is 11.9. The highest BCUT2D eigenvalue weighted by atomic mass is 35.5. The number of halogens is 1. The number of benzene rings is 1. The van der Waals surface area contributed by atoms with Crippen LogP contribution < -0.4 is 5.32 Å². The van der Waals surface area contributed by atoms with Gasteiger partial charge in [0.1, 0.15) is 0 Å². The molecule has 1 unspecified atom stereocenters. The SMILES string of the molecule is CC(CCl)CNC(=O)c1cccc(S(C)(=O)=O)c1. The number of hydrogen-bond acceptors (Lipinski definition) is 3. The van der Waals surface area contributed by atoms with Gasteiger partial charge in [0.2, 0.25) is 0 Å². The minimum atomic E-state index is -3.30. The molecule has 0 aliphatic carbocycles. The molecule has 1 atom stereocenters. The predicted molar refractivity (Wildman–Crippen MR) is 71.8 cm³/mol. The van der Waals surface area contributed by atoms with Crippen LogP contribution in [-0.2, 0) is 9.84 Å². The van der Waals surface area contributed by atoms with E-state index in [4.69, 9.17) is 11.6 Å². The van der Waals surface area contributed by atoms with Crippen molar-refractivity contribution in [2.45, 2.75) is 11.8 Å². The predicted octanol–water partition coefficient (Wildman–Crippen LogP) is 1.69. The van der Waals surface area contributed by atoms with E-state index in [1.165, 1.54) is 12.1 Å². The number of sulfone groups is 1. The van der Waals surface area contributed by atoms with E-state index >= 15 is 0 Å². The van der Waals surface area contributed by atoms with Crippen molar-refractivity contribution in [3.63, 3.8) is 0 Å². The zero-order chi connectivity index (χ0) is 13.8. The molecule has 1 aromatic rings. The van der Waals surface area contributed by atoms with Crippen molar-refractivity contribution in [1.82, 2.24) is 5.32 Å². The van der Waals surface area contributed by atoms with E-state index in [0.29, 0.717) is 18.0 Å². The Balaban J connectivity index is 2.81. The minimum Gasteiger partial charge on any atom is -0.352 e. The Kier molecular flexibility index (Phi) is 5.16. The Labute approximate surface area is 112 Å². The van der Waals surface area contributed by atoms with Crippen LogP contribution in [0.25, 0.3) is 0 Å². The minimum absolute atomic E-state index is 0.139. The summed E-state index contributed by atoms with van der Waals surface area (Å²) in [5.41, 5.74) is 0.333. The van der Waals surface area contributed by atoms with Crippen LogP contribution in [0.4, 0.5) is 0 Å². The molecule has 1 aromatic carbocycles. The third-order valence-electron chi connectivity index (χ3n) is 2.40. The quantitative estimate of drug-likeness (QED) is 0.839. The van der Waals surface area contributed by atoms with Gasteiger partial charge in [-0.25, -0.2) is 8.42 Å². The molecular formula is C12H16ClNO3S. The Morgan fingerprint density at radius 3 is 2.67 bits per heavy atom. The Bertz CT molecular complexity index is 528. The van der Waals surface area contributed by atoms with Crippen LogP contribution in [0.1, 0.15) is 17.3 Å². The first kappa shape index (κ1) is 15.0. The smallest absolute Gasteiger partial charge is 0.251 e. The average molecular weight is 290 g/mol. The first-order valence-electron chi connectivity index (χ1n) is 5.49. The van der Waals surface area contributed by atoms with Gasteiger partial charge in [-0.1, -0.05) is 13.0 Å². The van der Waals surface area contributed by atoms with E-state index in [9.17, 15) is 13.2 Å². The standard InChI is InChI=1S/C12H16ClNO3S/c1-9(7-13)8-14-12(15)10-4-3-5-11(6-10)18(2,16)17/h3-6,9H,7-8H2,1-2H3,(H,14,15). The lowest BCUT2D eigenvalue weighted by Crippen LogP contribution is -2.28. The summed E-state index contributed by atoms with van der Waals surface area (Å²) >= 11 is 5.64. The van der Waals surface area contributed by atoms with E-state index in [0.717, 1.165) is 6.26 Å². The lowest BCUT2D eigenvalue weighted by atomic mass is 10.2. The molecule has 0 bridgehead atoms. The molecule has 0 aliphatic rings. The van der Waals surface area contributed by atoms with Gasteiger partial charge in [-0.05, 0) is 24.1 Å². The summed E-state index contributed by atoms with van der Waals surface area (Å²) in [5.74, 6) is 0.343. The van der Waals surface area contributed by atoms with Gasteiger partial charge in [0.15, 0.2) is 9.84 Å². The Morgan fingerprint density at radius 1 is 1.44 bits per heavy atom. The van der Waals surface area contributed by atoms with Crippen LogP contribution in [-0.4, -0.2) is 33.0 Å². The van der Waals surface area contributed by atoms with Gasteiger partial charge in [0.25, 0.3) is 5.91 Å². The zero-order valence-corrected chi connectivity index (χ0v) is 11.9. The fraction of sp³-hybridized carbons (Fsp3) is 0.417. The van der Waals surface area contributed by atoms with E-state index in [-0.39, 0.29) is 16.7 Å². The first-order chi connectivity index (χ1) is 8.34. The van der Waals surface area contributed by atoms with Crippen molar-refractivity contribution in [2.75, 3.05) is 18.7 Å². The van der Waals surface area contributed by atoms with Crippen molar-refractivity contribution in [3.05, 3.63) is 29.8 Å². The second-order valence-corrected chi connectivity index (χ2v) is 6.59. The molecule has 100 valence electrons. The highest BCUT2D eigenvalue weighted by Gasteiger charge is 2.12. The molecule has 1 amide bonds. The van der Waals surface area contributed by atoms with Gasteiger partial charge >= 0.3 is 0 Å². The molecule has 0 saturated carbocycles. The maximum absolute atomic E-state index is 11.8. The van der Waals surface area contributed by atoms with Crippen LogP contribution in [0.15, 0.2) is 29.2 Å². The van der Waals surface area contributed by atoms with Gasteiger partial charge < -0.3 is 5.32 Å². The summed E-state index contributed by atoms with van der Waals surface area (Å²) in [6, 6.07) is 5.97. The van der Waals surface area contributed by atoms with E-state index in [1.807, 2.05) is 6.92 Å². The molecule has 0 heterocycles. The summed E-state index contributed by atoms with van der Waals surface area (Å²) in [6.07, 6.45) is 1.11. The molecule has 1 N–H and O–H groups in total. The summed E-state index contributed by atoms with van der Waals surface area (Å²) in [5, 5.41) is 2.71. The van der Waals surface area contributed by atoms with Crippen LogP contribution in [0.3, 0.4) is 0 Å². The number of carbonyl (C=O) groups excluding carboxylic acids is 1. The van der Waals surface area contributed by atoms with Crippen molar-refractivity contribution in [1.29, 1.82) is 0 Å². The van der Waals surface area contributed by atoms with Crippen LogP contribution in [0.2, 0.25) is 0 Å². The Morgan fingerprint density at radius 2 is 2.11 bits per heavy atom. The van der Waals surface area contributed by atoms with Gasteiger partial charge in [0.05, 0.1) is 4.90 Å². The van der Waals surface area contributed by atoms with Crippen molar-refractivity contribution < 1.29 is 13.2 Å². The summed E-state index contributed by atoms with van der Waals surface area (Å²) in [6.45, 7) is 2.38. The average Bonchev–Trinajstić information content (AvgIpc) is 2.34. The third-order valence-corrected chi connectivity index (χ3v) is 4.04. The highest BCUT2D eigenvalue weighted by Crippen LogP contribution is 2.11. The van der Waals surface area contributed by atoms with Crippen LogP contribution >= 0.6 is 11.6 Å². The monoisotopic (exact) mass is 289 g/mol. The van der Waals surface area contributed by atoms with Crippen molar-refractivity contribution >= 4 is 27.3 Å². The van der Waals surface area contributed by atoms with Gasteiger partial charge in [-0.2, -0.15) is 0 Å². The van der Waals surface area contributed by atoms with Crippen LogP contribution in [0, 0.1) is 5.92 Å². The lowest BCUT2D eigenvalue weighted by Gasteiger charge is -2.09. The number of rotatable bonds is 5. The molecule has 0 radical (unpaired) electrons. The van der Waals surface area contributed by atoms with Gasteiger partial charge in [-0.3, -0.25) is 4.79 Å². The molecule has 1 rings (SSSR count). The normalized spacial score (nSPS) is 13.1. The molecule has 0 saturated heterocycles. The number of alkyl halides is 1. The maximum atomic E-state index is 11.8. The molecule has 0 spiro atoms. The number of carbonyl (C=O) groups is 1. The molecular weight excluding hydrogens is 274 g/mol. The molecule has 6 heteroatoms. The third kappa shape index (κ3) is 4.31. The molecule has 0 fully saturated rings. The zero-order valence-electron chi connectivity index (χ0n) is 10.3. The number of nitrogens with one attached hydrogen (secondary N) is 1. The maximum Gasteiger partial charge on any atom is 0.251 e. The van der Waals surface area contributed by atoms with E-state index in [1.54, 1.807) is 12.1 Å². The topological polar surface area (TPSA) is 63.2 Å². The fourth-order valence-electron chi connectivity index (χ4n) is 1.29. The molecule has 0 aliphatic heterocycles. The van der Waals surface area contributed by atoms with Gasteiger partial charge in [0, 0.05) is 24.2 Å².